The van der Waals surface area contributed by atoms with E-state index in [1.54, 1.807) is 12.3 Å². The summed E-state index contributed by atoms with van der Waals surface area (Å²) in [5, 5.41) is 7.34. The van der Waals surface area contributed by atoms with Crippen molar-refractivity contribution < 1.29 is 17.9 Å². The molecule has 2 aromatic heterocycles. The van der Waals surface area contributed by atoms with Gasteiger partial charge in [-0.15, -0.1) is 13.2 Å². The Balaban J connectivity index is 1.71. The number of aromatic nitrogens is 4. The van der Waals surface area contributed by atoms with E-state index in [1.165, 1.54) is 30.6 Å². The summed E-state index contributed by atoms with van der Waals surface area (Å²) in [6.45, 7) is 5.03. The molecule has 0 atom stereocenters. The molecule has 27 heavy (non-hydrogen) atoms. The Morgan fingerprint density at radius 3 is 2.56 bits per heavy atom. The molecule has 0 unspecified atom stereocenters. The predicted octanol–water partition coefficient (Wildman–Crippen LogP) is 4.64. The Labute approximate surface area is 154 Å². The Kier molecular flexibility index (Phi) is 5.29. The Morgan fingerprint density at radius 1 is 1.15 bits per heavy atom. The molecule has 9 heteroatoms. The van der Waals surface area contributed by atoms with Crippen molar-refractivity contribution in [1.29, 1.82) is 0 Å². The third-order valence-electron chi connectivity index (χ3n) is 3.51. The van der Waals surface area contributed by atoms with Gasteiger partial charge in [-0.2, -0.15) is 5.10 Å². The third kappa shape index (κ3) is 5.44. The highest BCUT2D eigenvalue weighted by Crippen LogP contribution is 2.26. The SMILES string of the molecule is CC(C)Cn1cc(-c2cc(Nc3ccc(OC(F)(F)F)cc3)ncn2)cn1. The molecule has 0 aliphatic rings. The zero-order chi connectivity index (χ0) is 19.4. The van der Waals surface area contributed by atoms with E-state index >= 15 is 0 Å². The van der Waals surface area contributed by atoms with E-state index in [0.717, 1.165) is 12.1 Å². The van der Waals surface area contributed by atoms with Crippen molar-refractivity contribution in [3.8, 4) is 17.0 Å². The number of hydrogen-bond donors (Lipinski definition) is 1. The molecule has 0 bridgehead atoms. The fourth-order valence-electron chi connectivity index (χ4n) is 2.44. The third-order valence-corrected chi connectivity index (χ3v) is 3.51. The van der Waals surface area contributed by atoms with Crippen molar-refractivity contribution in [2.24, 2.45) is 5.92 Å². The molecule has 2 heterocycles. The van der Waals surface area contributed by atoms with E-state index in [9.17, 15) is 13.2 Å². The van der Waals surface area contributed by atoms with E-state index < -0.39 is 6.36 Å². The highest BCUT2D eigenvalue weighted by Gasteiger charge is 2.30. The normalized spacial score (nSPS) is 11.6. The predicted molar refractivity (Wildman–Crippen MR) is 94.5 cm³/mol. The maximum absolute atomic E-state index is 12.2. The second kappa shape index (κ2) is 7.65. The van der Waals surface area contributed by atoms with Crippen LogP contribution in [-0.4, -0.2) is 26.1 Å². The number of hydrogen-bond acceptors (Lipinski definition) is 5. The van der Waals surface area contributed by atoms with Crippen molar-refractivity contribution in [1.82, 2.24) is 19.7 Å². The van der Waals surface area contributed by atoms with Crippen LogP contribution in [0.4, 0.5) is 24.7 Å². The zero-order valence-corrected chi connectivity index (χ0v) is 14.7. The topological polar surface area (TPSA) is 64.9 Å². The minimum absolute atomic E-state index is 0.283. The summed E-state index contributed by atoms with van der Waals surface area (Å²) in [4.78, 5) is 8.39. The maximum atomic E-state index is 12.2. The number of anilines is 2. The van der Waals surface area contributed by atoms with Gasteiger partial charge >= 0.3 is 6.36 Å². The van der Waals surface area contributed by atoms with E-state index in [-0.39, 0.29) is 5.75 Å². The molecule has 1 aromatic carbocycles. The van der Waals surface area contributed by atoms with E-state index in [2.05, 4.69) is 39.0 Å². The largest absolute Gasteiger partial charge is 0.573 e. The average Bonchev–Trinajstić information content (AvgIpc) is 3.03. The lowest BCUT2D eigenvalue weighted by Gasteiger charge is -2.10. The first-order valence-electron chi connectivity index (χ1n) is 8.26. The van der Waals surface area contributed by atoms with Crippen LogP contribution in [0.15, 0.2) is 49.1 Å². The van der Waals surface area contributed by atoms with Gasteiger partial charge in [-0.1, -0.05) is 13.8 Å². The molecule has 6 nitrogen and oxygen atoms in total. The van der Waals surface area contributed by atoms with Gasteiger partial charge < -0.3 is 10.1 Å². The second-order valence-electron chi connectivity index (χ2n) is 6.33. The molecule has 0 spiro atoms. The Bertz CT molecular complexity index is 891. The molecular formula is C18H18F3N5O. The minimum Gasteiger partial charge on any atom is -0.406 e. The molecule has 142 valence electrons. The van der Waals surface area contributed by atoms with Crippen LogP contribution in [0.2, 0.25) is 0 Å². The van der Waals surface area contributed by atoms with Gasteiger partial charge in [-0.25, -0.2) is 9.97 Å². The highest BCUT2D eigenvalue weighted by molar-refractivity contribution is 5.64. The summed E-state index contributed by atoms with van der Waals surface area (Å²) in [5.74, 6) is 0.708. The number of halogens is 3. The first kappa shape index (κ1) is 18.7. The van der Waals surface area contributed by atoms with Gasteiger partial charge in [0.15, 0.2) is 0 Å². The molecule has 0 amide bonds. The van der Waals surface area contributed by atoms with Crippen LogP contribution < -0.4 is 10.1 Å². The van der Waals surface area contributed by atoms with Crippen LogP contribution in [0.5, 0.6) is 5.75 Å². The van der Waals surface area contributed by atoms with Crippen molar-refractivity contribution in [2.45, 2.75) is 26.8 Å². The molecule has 0 aliphatic heterocycles. The van der Waals surface area contributed by atoms with Crippen LogP contribution in [0.1, 0.15) is 13.8 Å². The molecule has 0 saturated heterocycles. The summed E-state index contributed by atoms with van der Waals surface area (Å²) in [5.41, 5.74) is 2.12. The number of alkyl halides is 3. The molecule has 0 aliphatic carbocycles. The van der Waals surface area contributed by atoms with Gasteiger partial charge in [0.1, 0.15) is 17.9 Å². The molecule has 3 rings (SSSR count). The minimum atomic E-state index is -4.71. The van der Waals surface area contributed by atoms with Gasteiger partial charge in [0.05, 0.1) is 11.9 Å². The van der Waals surface area contributed by atoms with Crippen LogP contribution in [0.25, 0.3) is 11.3 Å². The fourth-order valence-corrected chi connectivity index (χ4v) is 2.44. The van der Waals surface area contributed by atoms with Crippen LogP contribution in [0, 0.1) is 5.92 Å². The number of nitrogens with zero attached hydrogens (tertiary/aromatic N) is 4. The monoisotopic (exact) mass is 377 g/mol. The Hall–Kier alpha value is -3.10. The first-order valence-corrected chi connectivity index (χ1v) is 8.26. The first-order chi connectivity index (χ1) is 12.8. The lowest BCUT2D eigenvalue weighted by atomic mass is 10.2. The smallest absolute Gasteiger partial charge is 0.406 e. The van der Waals surface area contributed by atoms with Gasteiger partial charge in [0, 0.05) is 30.1 Å². The van der Waals surface area contributed by atoms with Gasteiger partial charge in [-0.05, 0) is 30.2 Å². The molecule has 3 aromatic rings. The molecule has 1 N–H and O–H groups in total. The van der Waals surface area contributed by atoms with Crippen LogP contribution >= 0.6 is 0 Å². The number of nitrogens with one attached hydrogen (secondary N) is 1. The van der Waals surface area contributed by atoms with Gasteiger partial charge in [0.2, 0.25) is 0 Å². The maximum Gasteiger partial charge on any atom is 0.573 e. The quantitative estimate of drug-likeness (QED) is 0.678. The zero-order valence-electron chi connectivity index (χ0n) is 14.7. The summed E-state index contributed by atoms with van der Waals surface area (Å²) in [6, 6.07) is 7.16. The van der Waals surface area contributed by atoms with Crippen LogP contribution in [-0.2, 0) is 6.54 Å². The van der Waals surface area contributed by atoms with Crippen molar-refractivity contribution in [2.75, 3.05) is 5.32 Å². The lowest BCUT2D eigenvalue weighted by Crippen LogP contribution is -2.16. The second-order valence-corrected chi connectivity index (χ2v) is 6.33. The summed E-state index contributed by atoms with van der Waals surface area (Å²) >= 11 is 0. The fraction of sp³-hybridized carbons (Fsp3) is 0.278. The van der Waals surface area contributed by atoms with Crippen molar-refractivity contribution in [3.05, 3.63) is 49.1 Å². The summed E-state index contributed by atoms with van der Waals surface area (Å²) < 4.78 is 42.3. The number of ether oxygens (including phenoxy) is 1. The van der Waals surface area contributed by atoms with Crippen LogP contribution in [0.3, 0.4) is 0 Å². The molecule has 0 fully saturated rings. The Morgan fingerprint density at radius 2 is 1.89 bits per heavy atom. The van der Waals surface area contributed by atoms with Gasteiger partial charge in [-0.3, -0.25) is 4.68 Å². The standard InChI is InChI=1S/C18H18F3N5O/c1-12(2)9-26-10-13(8-24-26)16-7-17(23-11-22-16)25-14-3-5-15(6-4-14)27-18(19,20)21/h3-8,10-12H,9H2,1-2H3,(H,22,23,25). The molecule has 0 radical (unpaired) electrons. The molecular weight excluding hydrogens is 359 g/mol. The van der Waals surface area contributed by atoms with Gasteiger partial charge in [0.25, 0.3) is 0 Å². The number of benzene rings is 1. The number of rotatable bonds is 6. The summed E-state index contributed by atoms with van der Waals surface area (Å²) in [7, 11) is 0. The summed E-state index contributed by atoms with van der Waals surface area (Å²) in [6.07, 6.45) is 0.349. The van der Waals surface area contributed by atoms with E-state index in [4.69, 9.17) is 0 Å². The van der Waals surface area contributed by atoms with E-state index in [1.807, 2.05) is 10.9 Å². The average molecular weight is 377 g/mol. The van der Waals surface area contributed by atoms with E-state index in [0.29, 0.717) is 23.1 Å². The highest BCUT2D eigenvalue weighted by atomic mass is 19.4. The molecule has 0 saturated carbocycles. The lowest BCUT2D eigenvalue weighted by molar-refractivity contribution is -0.274. The van der Waals surface area contributed by atoms with Crippen molar-refractivity contribution >= 4 is 11.5 Å². The van der Waals surface area contributed by atoms with Crippen molar-refractivity contribution in [3.63, 3.8) is 0 Å².